The fourth-order valence-electron chi connectivity index (χ4n) is 6.56. The molecule has 176 valence electrons. The maximum atomic E-state index is 12.8. The van der Waals surface area contributed by atoms with Crippen LogP contribution >= 0.6 is 0 Å². The smallest absolute Gasteiger partial charge is 0.408 e. The average molecular weight is 447 g/mol. The summed E-state index contributed by atoms with van der Waals surface area (Å²) in [6.07, 6.45) is 3.50. The fourth-order valence-corrected chi connectivity index (χ4v) is 6.56. The van der Waals surface area contributed by atoms with Gasteiger partial charge in [0.15, 0.2) is 0 Å². The lowest BCUT2D eigenvalue weighted by Crippen LogP contribution is -2.61. The van der Waals surface area contributed by atoms with Gasteiger partial charge in [-0.15, -0.1) is 0 Å². The molecule has 1 amide bonds. The van der Waals surface area contributed by atoms with Crippen molar-refractivity contribution >= 4 is 6.09 Å². The van der Waals surface area contributed by atoms with Crippen LogP contribution in [0.5, 0.6) is 0 Å². The number of nitrogens with zero attached hydrogens (tertiary/aromatic N) is 2. The zero-order valence-corrected chi connectivity index (χ0v) is 20.6. The zero-order chi connectivity index (χ0) is 23.3. The van der Waals surface area contributed by atoms with Gasteiger partial charge in [0.2, 0.25) is 0 Å². The lowest BCUT2D eigenvalue weighted by Gasteiger charge is -2.54. The number of carbonyl (C=O) groups is 1. The quantitative estimate of drug-likeness (QED) is 0.578. The van der Waals surface area contributed by atoms with Crippen LogP contribution in [-0.2, 0) is 6.42 Å². The molecule has 2 aromatic carbocycles. The summed E-state index contributed by atoms with van der Waals surface area (Å²) in [6, 6.07) is 15.6. The van der Waals surface area contributed by atoms with Crippen molar-refractivity contribution in [1.82, 2.24) is 9.80 Å². The SMILES string of the molecule is CC(C)c1ccc(-c2ccc3c(c2)CCC(C)(C)[C@H]3N(C(=O)O)[C@@H]2CN3CCC2CC3)cc1. The number of carboxylic acid groups (broad SMARTS) is 1. The molecule has 3 saturated heterocycles. The molecule has 0 unspecified atom stereocenters. The molecule has 4 heteroatoms. The molecule has 4 aliphatic rings. The molecule has 0 spiro atoms. The summed E-state index contributed by atoms with van der Waals surface area (Å²) >= 11 is 0. The van der Waals surface area contributed by atoms with E-state index in [4.69, 9.17) is 0 Å². The standard InChI is InChI=1S/C29H38N2O2/c1-19(2)20-5-7-21(8-6-20)23-9-10-25-24(17-23)11-14-29(3,4)27(25)31(28(32)33)26-18-30-15-12-22(26)13-16-30/h5-10,17,19,22,26-27H,11-16,18H2,1-4H3,(H,32,33)/t26-,27+/m1/s1. The molecule has 2 atom stereocenters. The van der Waals surface area contributed by atoms with E-state index in [9.17, 15) is 9.90 Å². The molecule has 3 heterocycles. The molecule has 0 radical (unpaired) electrons. The van der Waals surface area contributed by atoms with E-state index in [0.717, 1.165) is 45.3 Å². The van der Waals surface area contributed by atoms with Gasteiger partial charge in [-0.1, -0.05) is 70.2 Å². The van der Waals surface area contributed by atoms with Crippen molar-refractivity contribution in [3.63, 3.8) is 0 Å². The van der Waals surface area contributed by atoms with Gasteiger partial charge in [-0.2, -0.15) is 0 Å². The molecular weight excluding hydrogens is 408 g/mol. The second kappa shape index (κ2) is 8.47. The summed E-state index contributed by atoms with van der Waals surface area (Å²) in [7, 11) is 0. The van der Waals surface area contributed by atoms with Gasteiger partial charge in [-0.05, 0) is 83.8 Å². The second-order valence-electron chi connectivity index (χ2n) is 11.5. The van der Waals surface area contributed by atoms with Crippen molar-refractivity contribution in [2.45, 2.75) is 71.4 Å². The van der Waals surface area contributed by atoms with E-state index in [1.54, 1.807) is 0 Å². The molecule has 3 fully saturated rings. The first kappa shape index (κ1) is 22.5. The number of fused-ring (bicyclic) bond motifs is 4. The van der Waals surface area contributed by atoms with Crippen LogP contribution in [0.1, 0.15) is 75.6 Å². The molecular formula is C29H38N2O2. The highest BCUT2D eigenvalue weighted by molar-refractivity contribution is 5.69. The summed E-state index contributed by atoms with van der Waals surface area (Å²) in [6.45, 7) is 12.1. The Morgan fingerprint density at radius 1 is 1.06 bits per heavy atom. The Bertz CT molecular complexity index is 1020. The van der Waals surface area contributed by atoms with Crippen LogP contribution in [0.2, 0.25) is 0 Å². The number of benzene rings is 2. The van der Waals surface area contributed by atoms with Crippen LogP contribution < -0.4 is 0 Å². The lowest BCUT2D eigenvalue weighted by molar-refractivity contribution is -0.0352. The fraction of sp³-hybridized carbons (Fsp3) is 0.552. The van der Waals surface area contributed by atoms with Gasteiger partial charge in [0.1, 0.15) is 0 Å². The lowest BCUT2D eigenvalue weighted by atomic mass is 9.68. The third-order valence-electron chi connectivity index (χ3n) is 8.61. The summed E-state index contributed by atoms with van der Waals surface area (Å²) in [4.78, 5) is 17.1. The van der Waals surface area contributed by atoms with E-state index in [0.29, 0.717) is 11.8 Å². The van der Waals surface area contributed by atoms with Gasteiger partial charge in [0, 0.05) is 6.54 Å². The van der Waals surface area contributed by atoms with Crippen LogP contribution in [0, 0.1) is 11.3 Å². The Balaban J connectivity index is 1.51. The highest BCUT2D eigenvalue weighted by atomic mass is 16.4. The van der Waals surface area contributed by atoms with Crippen LogP contribution in [0.25, 0.3) is 11.1 Å². The van der Waals surface area contributed by atoms with E-state index < -0.39 is 6.09 Å². The molecule has 2 aromatic rings. The molecule has 2 bridgehead atoms. The highest BCUT2D eigenvalue weighted by Gasteiger charge is 2.48. The summed E-state index contributed by atoms with van der Waals surface area (Å²) < 4.78 is 0. The Morgan fingerprint density at radius 2 is 1.73 bits per heavy atom. The van der Waals surface area contributed by atoms with Crippen LogP contribution in [-0.4, -0.2) is 46.7 Å². The van der Waals surface area contributed by atoms with Gasteiger partial charge in [-0.3, -0.25) is 4.90 Å². The molecule has 3 aliphatic heterocycles. The molecule has 1 aliphatic carbocycles. The number of amides is 1. The topological polar surface area (TPSA) is 43.8 Å². The Labute approximate surface area is 198 Å². The molecule has 6 rings (SSSR count). The van der Waals surface area contributed by atoms with Crippen molar-refractivity contribution in [2.24, 2.45) is 11.3 Å². The number of piperidine rings is 3. The maximum Gasteiger partial charge on any atom is 0.408 e. The molecule has 0 saturated carbocycles. The van der Waals surface area contributed by atoms with Crippen molar-refractivity contribution in [3.05, 3.63) is 59.2 Å². The number of hydrogen-bond acceptors (Lipinski definition) is 2. The van der Waals surface area contributed by atoms with Crippen molar-refractivity contribution in [3.8, 4) is 11.1 Å². The van der Waals surface area contributed by atoms with Crippen molar-refractivity contribution in [2.75, 3.05) is 19.6 Å². The van der Waals surface area contributed by atoms with Gasteiger partial charge >= 0.3 is 6.09 Å². The molecule has 1 N–H and O–H groups in total. The van der Waals surface area contributed by atoms with Crippen molar-refractivity contribution < 1.29 is 9.90 Å². The normalized spacial score (nSPS) is 27.9. The number of hydrogen-bond donors (Lipinski definition) is 1. The second-order valence-corrected chi connectivity index (χ2v) is 11.5. The van der Waals surface area contributed by atoms with Gasteiger partial charge in [-0.25, -0.2) is 4.79 Å². The van der Waals surface area contributed by atoms with E-state index in [2.05, 4.69) is 75.1 Å². The van der Waals surface area contributed by atoms with Crippen LogP contribution in [0.4, 0.5) is 4.79 Å². The first-order valence-corrected chi connectivity index (χ1v) is 12.7. The van der Waals surface area contributed by atoms with E-state index >= 15 is 0 Å². The average Bonchev–Trinajstić information content (AvgIpc) is 2.81. The largest absolute Gasteiger partial charge is 0.465 e. The first-order chi connectivity index (χ1) is 15.7. The monoisotopic (exact) mass is 446 g/mol. The number of rotatable bonds is 4. The van der Waals surface area contributed by atoms with E-state index in [-0.39, 0.29) is 17.5 Å². The predicted molar refractivity (Wildman–Crippen MR) is 134 cm³/mol. The molecule has 4 nitrogen and oxygen atoms in total. The summed E-state index contributed by atoms with van der Waals surface area (Å²) in [5.41, 5.74) is 6.26. The minimum atomic E-state index is -0.756. The third kappa shape index (κ3) is 4.07. The Morgan fingerprint density at radius 3 is 2.30 bits per heavy atom. The van der Waals surface area contributed by atoms with Crippen LogP contribution in [0.3, 0.4) is 0 Å². The molecule has 0 aromatic heterocycles. The minimum absolute atomic E-state index is 0.0855. The van der Waals surface area contributed by atoms with E-state index in [1.165, 1.54) is 27.8 Å². The summed E-state index contributed by atoms with van der Waals surface area (Å²) in [5.74, 6) is 1.02. The van der Waals surface area contributed by atoms with Gasteiger partial charge < -0.3 is 10.0 Å². The predicted octanol–water partition coefficient (Wildman–Crippen LogP) is 6.56. The van der Waals surface area contributed by atoms with Crippen molar-refractivity contribution in [1.29, 1.82) is 0 Å². The van der Waals surface area contributed by atoms with Gasteiger partial charge in [0.05, 0.1) is 12.1 Å². The Kier molecular flexibility index (Phi) is 5.76. The third-order valence-corrected chi connectivity index (χ3v) is 8.61. The minimum Gasteiger partial charge on any atom is -0.465 e. The number of aryl methyl sites for hydroxylation is 1. The zero-order valence-electron chi connectivity index (χ0n) is 20.6. The summed E-state index contributed by atoms with van der Waals surface area (Å²) in [5, 5.41) is 10.5. The molecule has 33 heavy (non-hydrogen) atoms. The Hall–Kier alpha value is -2.33. The van der Waals surface area contributed by atoms with Crippen LogP contribution in [0.15, 0.2) is 42.5 Å². The first-order valence-electron chi connectivity index (χ1n) is 12.7. The van der Waals surface area contributed by atoms with E-state index in [1.807, 2.05) is 4.90 Å². The maximum absolute atomic E-state index is 12.8. The highest BCUT2D eigenvalue weighted by Crippen LogP contribution is 2.50. The van der Waals surface area contributed by atoms with Gasteiger partial charge in [0.25, 0.3) is 0 Å².